The molecule has 0 radical (unpaired) electrons. The lowest BCUT2D eigenvalue weighted by Crippen LogP contribution is -2.02. The number of aliphatic hydroxyl groups is 1. The number of benzene rings is 1. The monoisotopic (exact) mass is 257 g/mol. The lowest BCUT2D eigenvalue weighted by atomic mass is 10.0. The molecule has 0 saturated carbocycles. The van der Waals surface area contributed by atoms with Crippen molar-refractivity contribution in [2.75, 3.05) is 0 Å². The molecule has 19 heavy (non-hydrogen) atoms. The van der Waals surface area contributed by atoms with Gasteiger partial charge in [-0.15, -0.1) is 0 Å². The van der Waals surface area contributed by atoms with Gasteiger partial charge in [0.05, 0.1) is 6.10 Å². The van der Waals surface area contributed by atoms with Crippen molar-refractivity contribution in [3.8, 4) is 5.88 Å². The minimum absolute atomic E-state index is 0.448. The van der Waals surface area contributed by atoms with Gasteiger partial charge in [0.1, 0.15) is 6.61 Å². The number of hydrogen-bond donors (Lipinski definition) is 1. The van der Waals surface area contributed by atoms with E-state index in [1.807, 2.05) is 50.2 Å². The zero-order chi connectivity index (χ0) is 13.7. The third-order valence-electron chi connectivity index (χ3n) is 3.10. The van der Waals surface area contributed by atoms with E-state index in [1.165, 1.54) is 0 Å². The zero-order valence-electron chi connectivity index (χ0n) is 11.3. The first-order valence-electron chi connectivity index (χ1n) is 6.52. The van der Waals surface area contributed by atoms with Crippen LogP contribution >= 0.6 is 0 Å². The molecule has 0 fully saturated rings. The van der Waals surface area contributed by atoms with E-state index in [1.54, 1.807) is 6.20 Å². The standard InChI is InChI=1S/C16H19NO2/c1-3-15(18)14-10-17-16(9-12(14)2)19-11-13-7-5-4-6-8-13/h4-10,15,18H,3,11H2,1-2H3/t15-/m1/s1. The summed E-state index contributed by atoms with van der Waals surface area (Å²) in [6.45, 7) is 4.41. The fraction of sp³-hybridized carbons (Fsp3) is 0.312. The fourth-order valence-electron chi connectivity index (χ4n) is 1.92. The molecule has 0 saturated heterocycles. The summed E-state index contributed by atoms with van der Waals surface area (Å²) in [5, 5.41) is 9.83. The Kier molecular flexibility index (Phi) is 4.53. The molecule has 2 aromatic rings. The molecule has 1 N–H and O–H groups in total. The van der Waals surface area contributed by atoms with Crippen LogP contribution in [-0.2, 0) is 6.61 Å². The maximum absolute atomic E-state index is 9.83. The second kappa shape index (κ2) is 6.34. The smallest absolute Gasteiger partial charge is 0.213 e. The molecule has 2 rings (SSSR count). The van der Waals surface area contributed by atoms with Crippen molar-refractivity contribution < 1.29 is 9.84 Å². The third-order valence-corrected chi connectivity index (χ3v) is 3.10. The summed E-state index contributed by atoms with van der Waals surface area (Å²) in [6.07, 6.45) is 1.94. The molecule has 0 unspecified atom stereocenters. The number of rotatable bonds is 5. The predicted molar refractivity (Wildman–Crippen MR) is 75.0 cm³/mol. The third kappa shape index (κ3) is 3.55. The van der Waals surface area contributed by atoms with Crippen molar-refractivity contribution in [3.63, 3.8) is 0 Å². The number of hydrogen-bond acceptors (Lipinski definition) is 3. The Labute approximate surface area is 113 Å². The maximum atomic E-state index is 9.83. The Morgan fingerprint density at radius 1 is 1.26 bits per heavy atom. The first kappa shape index (κ1) is 13.6. The largest absolute Gasteiger partial charge is 0.473 e. The topological polar surface area (TPSA) is 42.4 Å². The van der Waals surface area contributed by atoms with Crippen LogP contribution in [0.3, 0.4) is 0 Å². The van der Waals surface area contributed by atoms with Gasteiger partial charge in [0.2, 0.25) is 5.88 Å². The van der Waals surface area contributed by atoms with Gasteiger partial charge in [-0.1, -0.05) is 37.3 Å². The molecule has 1 aromatic carbocycles. The zero-order valence-corrected chi connectivity index (χ0v) is 11.3. The van der Waals surface area contributed by atoms with Gasteiger partial charge in [0.15, 0.2) is 0 Å². The highest BCUT2D eigenvalue weighted by Crippen LogP contribution is 2.22. The van der Waals surface area contributed by atoms with Gasteiger partial charge >= 0.3 is 0 Å². The summed E-state index contributed by atoms with van der Waals surface area (Å²) in [5.41, 5.74) is 2.99. The van der Waals surface area contributed by atoms with Crippen LogP contribution in [0.25, 0.3) is 0 Å². The lowest BCUT2D eigenvalue weighted by Gasteiger charge is -2.12. The number of aryl methyl sites for hydroxylation is 1. The maximum Gasteiger partial charge on any atom is 0.213 e. The summed E-state index contributed by atoms with van der Waals surface area (Å²) >= 11 is 0. The molecule has 1 atom stereocenters. The Morgan fingerprint density at radius 2 is 2.00 bits per heavy atom. The van der Waals surface area contributed by atoms with Crippen LogP contribution in [0.1, 0.15) is 36.1 Å². The van der Waals surface area contributed by atoms with Crippen LogP contribution in [0.4, 0.5) is 0 Å². The van der Waals surface area contributed by atoms with Crippen LogP contribution in [0.5, 0.6) is 5.88 Å². The molecule has 100 valence electrons. The highest BCUT2D eigenvalue weighted by atomic mass is 16.5. The molecule has 0 spiro atoms. The number of nitrogens with zero attached hydrogens (tertiary/aromatic N) is 1. The summed E-state index contributed by atoms with van der Waals surface area (Å²) < 4.78 is 5.65. The molecule has 3 nitrogen and oxygen atoms in total. The van der Waals surface area contributed by atoms with Gasteiger partial charge in [-0.25, -0.2) is 4.98 Å². The van der Waals surface area contributed by atoms with E-state index in [0.717, 1.165) is 16.7 Å². The van der Waals surface area contributed by atoms with E-state index < -0.39 is 6.10 Å². The highest BCUT2D eigenvalue weighted by Gasteiger charge is 2.09. The van der Waals surface area contributed by atoms with Gasteiger partial charge in [-0.3, -0.25) is 0 Å². The number of aromatic nitrogens is 1. The summed E-state index contributed by atoms with van der Waals surface area (Å²) in [6, 6.07) is 11.9. The van der Waals surface area contributed by atoms with Crippen molar-refractivity contribution >= 4 is 0 Å². The molecule has 1 aromatic heterocycles. The van der Waals surface area contributed by atoms with Crippen LogP contribution in [0.15, 0.2) is 42.6 Å². The minimum atomic E-state index is -0.448. The van der Waals surface area contributed by atoms with Gasteiger partial charge in [-0.05, 0) is 24.5 Å². The second-order valence-corrected chi connectivity index (χ2v) is 4.58. The Bertz CT molecular complexity index is 526. The molecule has 3 heteroatoms. The minimum Gasteiger partial charge on any atom is -0.473 e. The number of ether oxygens (including phenoxy) is 1. The van der Waals surface area contributed by atoms with Gasteiger partial charge in [0, 0.05) is 17.8 Å². The highest BCUT2D eigenvalue weighted by molar-refractivity contribution is 5.30. The summed E-state index contributed by atoms with van der Waals surface area (Å²) in [7, 11) is 0. The van der Waals surface area contributed by atoms with Gasteiger partial charge < -0.3 is 9.84 Å². The van der Waals surface area contributed by atoms with Crippen LogP contribution in [0, 0.1) is 6.92 Å². The molecule has 0 aliphatic rings. The molecular weight excluding hydrogens is 238 g/mol. The van der Waals surface area contributed by atoms with Crippen LogP contribution in [-0.4, -0.2) is 10.1 Å². The van der Waals surface area contributed by atoms with E-state index >= 15 is 0 Å². The molecular formula is C16H19NO2. The second-order valence-electron chi connectivity index (χ2n) is 4.58. The van der Waals surface area contributed by atoms with Gasteiger partial charge in [0.25, 0.3) is 0 Å². The quantitative estimate of drug-likeness (QED) is 0.892. The van der Waals surface area contributed by atoms with Gasteiger partial charge in [-0.2, -0.15) is 0 Å². The van der Waals surface area contributed by atoms with Crippen LogP contribution in [0.2, 0.25) is 0 Å². The average molecular weight is 257 g/mol. The summed E-state index contributed by atoms with van der Waals surface area (Å²) in [5.74, 6) is 0.591. The molecule has 0 aliphatic carbocycles. The first-order chi connectivity index (χ1) is 9.20. The molecule has 0 aliphatic heterocycles. The summed E-state index contributed by atoms with van der Waals surface area (Å²) in [4.78, 5) is 4.24. The van der Waals surface area contributed by atoms with Crippen molar-refractivity contribution in [3.05, 3.63) is 59.3 Å². The number of aliphatic hydroxyl groups excluding tert-OH is 1. The van der Waals surface area contributed by atoms with E-state index in [4.69, 9.17) is 4.74 Å². The van der Waals surface area contributed by atoms with Crippen LogP contribution < -0.4 is 4.74 Å². The molecule has 0 amide bonds. The van der Waals surface area contributed by atoms with E-state index in [9.17, 15) is 5.11 Å². The van der Waals surface area contributed by atoms with E-state index in [2.05, 4.69) is 4.98 Å². The SMILES string of the molecule is CC[C@@H](O)c1cnc(OCc2ccccc2)cc1C. The lowest BCUT2D eigenvalue weighted by molar-refractivity contribution is 0.172. The Hall–Kier alpha value is -1.87. The van der Waals surface area contributed by atoms with E-state index in [-0.39, 0.29) is 0 Å². The molecule has 1 heterocycles. The van der Waals surface area contributed by atoms with Crippen molar-refractivity contribution in [1.82, 2.24) is 4.98 Å². The first-order valence-corrected chi connectivity index (χ1v) is 6.52. The Morgan fingerprint density at radius 3 is 2.63 bits per heavy atom. The average Bonchev–Trinajstić information content (AvgIpc) is 2.45. The Balaban J connectivity index is 2.04. The van der Waals surface area contributed by atoms with E-state index in [0.29, 0.717) is 18.9 Å². The molecule has 0 bridgehead atoms. The number of pyridine rings is 1. The normalized spacial score (nSPS) is 12.2. The fourth-order valence-corrected chi connectivity index (χ4v) is 1.92. The van der Waals surface area contributed by atoms with Crippen molar-refractivity contribution in [2.45, 2.75) is 33.0 Å². The van der Waals surface area contributed by atoms with Crippen molar-refractivity contribution in [1.29, 1.82) is 0 Å². The predicted octanol–water partition coefficient (Wildman–Crippen LogP) is 3.41. The van der Waals surface area contributed by atoms with Crippen molar-refractivity contribution in [2.24, 2.45) is 0 Å².